The molecule has 0 aromatic heterocycles. The molecule has 1 aromatic rings. The van der Waals surface area contributed by atoms with Gasteiger partial charge in [0.25, 0.3) is 0 Å². The normalized spacial score (nSPS) is 12.6. The van der Waals surface area contributed by atoms with E-state index < -0.39 is 0 Å². The third kappa shape index (κ3) is 3.80. The second-order valence-corrected chi connectivity index (χ2v) is 4.50. The molecule has 0 aliphatic carbocycles. The molecule has 1 unspecified atom stereocenters. The van der Waals surface area contributed by atoms with Crippen LogP contribution in [-0.2, 0) is 0 Å². The van der Waals surface area contributed by atoms with E-state index in [0.717, 1.165) is 11.3 Å². The lowest BCUT2D eigenvalue weighted by Crippen LogP contribution is -2.10. The van der Waals surface area contributed by atoms with E-state index in [4.69, 9.17) is 5.11 Å². The van der Waals surface area contributed by atoms with Gasteiger partial charge < -0.3 is 10.4 Å². The predicted octanol–water partition coefficient (Wildman–Crippen LogP) is 3.08. The van der Waals surface area contributed by atoms with Crippen molar-refractivity contribution in [2.45, 2.75) is 26.4 Å². The van der Waals surface area contributed by atoms with Gasteiger partial charge in [0, 0.05) is 12.2 Å². The first-order valence-corrected chi connectivity index (χ1v) is 5.67. The van der Waals surface area contributed by atoms with Gasteiger partial charge in [-0.25, -0.2) is 4.39 Å². The van der Waals surface area contributed by atoms with E-state index in [-0.39, 0.29) is 11.9 Å². The highest BCUT2D eigenvalue weighted by Gasteiger charge is 2.05. The van der Waals surface area contributed by atoms with Gasteiger partial charge in [0.2, 0.25) is 0 Å². The van der Waals surface area contributed by atoms with E-state index >= 15 is 0 Å². The Balaban J connectivity index is 2.65. The van der Waals surface area contributed by atoms with Crippen molar-refractivity contribution in [3.05, 3.63) is 28.0 Å². The Morgan fingerprint density at radius 2 is 2.20 bits per heavy atom. The van der Waals surface area contributed by atoms with Crippen molar-refractivity contribution in [1.29, 1.82) is 0 Å². The van der Waals surface area contributed by atoms with Crippen LogP contribution in [0.5, 0.6) is 0 Å². The fourth-order valence-electron chi connectivity index (χ4n) is 1.25. The molecule has 84 valence electrons. The van der Waals surface area contributed by atoms with E-state index in [1.54, 1.807) is 13.0 Å². The van der Waals surface area contributed by atoms with Gasteiger partial charge in [-0.1, -0.05) is 0 Å². The Bertz CT molecular complexity index is 342. The molecule has 2 nitrogen and oxygen atoms in total. The molecular weight excluding hydrogens is 261 g/mol. The molecule has 1 rings (SSSR count). The molecule has 0 spiro atoms. The fourth-order valence-corrected chi connectivity index (χ4v) is 1.71. The van der Waals surface area contributed by atoms with Gasteiger partial charge in [-0.15, -0.1) is 0 Å². The summed E-state index contributed by atoms with van der Waals surface area (Å²) in [7, 11) is 0. The SMILES string of the molecule is Cc1cc(Br)c(F)cc1NCCC(C)O. The summed E-state index contributed by atoms with van der Waals surface area (Å²) in [6.07, 6.45) is 0.315. The minimum Gasteiger partial charge on any atom is -0.393 e. The van der Waals surface area contributed by atoms with Crippen molar-refractivity contribution >= 4 is 21.6 Å². The van der Waals surface area contributed by atoms with Crippen molar-refractivity contribution in [1.82, 2.24) is 0 Å². The molecule has 0 aliphatic heterocycles. The van der Waals surface area contributed by atoms with Gasteiger partial charge in [-0.3, -0.25) is 0 Å². The van der Waals surface area contributed by atoms with Gasteiger partial charge in [-0.2, -0.15) is 0 Å². The first-order valence-electron chi connectivity index (χ1n) is 4.88. The van der Waals surface area contributed by atoms with Crippen LogP contribution in [0.1, 0.15) is 18.9 Å². The maximum Gasteiger partial charge on any atom is 0.139 e. The molecule has 0 fully saturated rings. The predicted molar refractivity (Wildman–Crippen MR) is 63.6 cm³/mol. The molecule has 4 heteroatoms. The summed E-state index contributed by atoms with van der Waals surface area (Å²) in [5.41, 5.74) is 1.75. The highest BCUT2D eigenvalue weighted by atomic mass is 79.9. The molecule has 2 N–H and O–H groups in total. The van der Waals surface area contributed by atoms with Crippen LogP contribution >= 0.6 is 15.9 Å². The number of nitrogens with one attached hydrogen (secondary N) is 1. The summed E-state index contributed by atoms with van der Waals surface area (Å²) >= 11 is 3.13. The molecule has 1 atom stereocenters. The zero-order chi connectivity index (χ0) is 11.4. The van der Waals surface area contributed by atoms with Crippen LogP contribution < -0.4 is 5.32 Å². The van der Waals surface area contributed by atoms with Crippen molar-refractivity contribution in [2.24, 2.45) is 0 Å². The van der Waals surface area contributed by atoms with Crippen molar-refractivity contribution in [3.8, 4) is 0 Å². The lowest BCUT2D eigenvalue weighted by molar-refractivity contribution is 0.189. The summed E-state index contributed by atoms with van der Waals surface area (Å²) in [5, 5.41) is 12.2. The van der Waals surface area contributed by atoms with Crippen molar-refractivity contribution < 1.29 is 9.50 Å². The number of anilines is 1. The maximum atomic E-state index is 13.2. The van der Waals surface area contributed by atoms with E-state index in [1.807, 2.05) is 6.92 Å². The Labute approximate surface area is 97.6 Å². The first-order chi connectivity index (χ1) is 7.00. The van der Waals surface area contributed by atoms with Crippen molar-refractivity contribution in [2.75, 3.05) is 11.9 Å². The van der Waals surface area contributed by atoms with E-state index in [2.05, 4.69) is 21.2 Å². The van der Waals surface area contributed by atoms with Gasteiger partial charge in [0.1, 0.15) is 5.82 Å². The number of halogens is 2. The molecular formula is C11H15BrFNO. The topological polar surface area (TPSA) is 32.3 Å². The Kier molecular flexibility index (Phi) is 4.54. The lowest BCUT2D eigenvalue weighted by Gasteiger charge is -2.11. The van der Waals surface area contributed by atoms with Gasteiger partial charge in [-0.05, 0) is 53.9 Å². The van der Waals surface area contributed by atoms with Crippen LogP contribution in [0.2, 0.25) is 0 Å². The van der Waals surface area contributed by atoms with Crippen LogP contribution in [0.4, 0.5) is 10.1 Å². The number of rotatable bonds is 4. The Hall–Kier alpha value is -0.610. The van der Waals surface area contributed by atoms with Crippen LogP contribution in [0.25, 0.3) is 0 Å². The van der Waals surface area contributed by atoms with E-state index in [9.17, 15) is 4.39 Å². The summed E-state index contributed by atoms with van der Waals surface area (Å²) in [4.78, 5) is 0. The summed E-state index contributed by atoms with van der Waals surface area (Å²) in [6, 6.07) is 3.20. The molecule has 15 heavy (non-hydrogen) atoms. The standard InChI is InChI=1S/C11H15BrFNO/c1-7-5-9(12)10(13)6-11(7)14-4-3-8(2)15/h5-6,8,14-15H,3-4H2,1-2H3. The van der Waals surface area contributed by atoms with E-state index in [1.165, 1.54) is 6.07 Å². The third-order valence-corrected chi connectivity index (χ3v) is 2.75. The second-order valence-electron chi connectivity index (χ2n) is 3.65. The highest BCUT2D eigenvalue weighted by molar-refractivity contribution is 9.10. The number of aliphatic hydroxyl groups is 1. The smallest absolute Gasteiger partial charge is 0.139 e. The number of hydrogen-bond donors (Lipinski definition) is 2. The molecule has 0 bridgehead atoms. The Morgan fingerprint density at radius 3 is 2.80 bits per heavy atom. The number of aliphatic hydroxyl groups excluding tert-OH is 1. The van der Waals surface area contributed by atoms with Gasteiger partial charge in [0.05, 0.1) is 10.6 Å². The van der Waals surface area contributed by atoms with Gasteiger partial charge in [0.15, 0.2) is 0 Å². The van der Waals surface area contributed by atoms with Crippen molar-refractivity contribution in [3.63, 3.8) is 0 Å². The zero-order valence-electron chi connectivity index (χ0n) is 8.85. The monoisotopic (exact) mass is 275 g/mol. The number of hydrogen-bond acceptors (Lipinski definition) is 2. The molecule has 0 saturated carbocycles. The average Bonchev–Trinajstić information content (AvgIpc) is 2.13. The van der Waals surface area contributed by atoms with Crippen LogP contribution in [0.3, 0.4) is 0 Å². The molecule has 0 aliphatic rings. The average molecular weight is 276 g/mol. The largest absolute Gasteiger partial charge is 0.393 e. The first kappa shape index (κ1) is 12.5. The third-order valence-electron chi connectivity index (χ3n) is 2.14. The summed E-state index contributed by atoms with van der Waals surface area (Å²) < 4.78 is 13.7. The van der Waals surface area contributed by atoms with Gasteiger partial charge >= 0.3 is 0 Å². The number of aryl methyl sites for hydroxylation is 1. The highest BCUT2D eigenvalue weighted by Crippen LogP contribution is 2.23. The summed E-state index contributed by atoms with van der Waals surface area (Å²) in [5.74, 6) is -0.278. The quantitative estimate of drug-likeness (QED) is 0.885. The zero-order valence-corrected chi connectivity index (χ0v) is 10.4. The molecule has 0 amide bonds. The maximum absolute atomic E-state index is 13.2. The Morgan fingerprint density at radius 1 is 1.53 bits per heavy atom. The molecule has 0 heterocycles. The molecule has 1 aromatic carbocycles. The minimum absolute atomic E-state index is 0.278. The minimum atomic E-state index is -0.335. The summed E-state index contributed by atoms with van der Waals surface area (Å²) in [6.45, 7) is 4.28. The lowest BCUT2D eigenvalue weighted by atomic mass is 10.2. The molecule has 0 radical (unpaired) electrons. The fraction of sp³-hybridized carbons (Fsp3) is 0.455. The van der Waals surface area contributed by atoms with Crippen LogP contribution in [0.15, 0.2) is 16.6 Å². The van der Waals surface area contributed by atoms with E-state index in [0.29, 0.717) is 17.4 Å². The van der Waals surface area contributed by atoms with Crippen LogP contribution in [0, 0.1) is 12.7 Å². The van der Waals surface area contributed by atoms with Crippen LogP contribution in [-0.4, -0.2) is 17.8 Å². The number of benzene rings is 1. The molecule has 0 saturated heterocycles. The second kappa shape index (κ2) is 5.47.